The van der Waals surface area contributed by atoms with Crippen LogP contribution in [0, 0.1) is 0 Å². The number of aromatic nitrogens is 1. The van der Waals surface area contributed by atoms with Crippen LogP contribution in [0.15, 0.2) is 18.2 Å². The standard InChI is InChI=1S/C21H28N4O2/c1-4-25(5-2)21(27)22-13-9-15-14-7-6-8-17-20(14)16(18(12-26)23-17)10-19(15)24(3)11-13/h6-8,12-13,15,19,23H,4-5,9-11H2,1-3H3,(H,22,27)/t13-,15+,19+/m0/s1. The first-order valence-corrected chi connectivity index (χ1v) is 9.91. The van der Waals surface area contributed by atoms with E-state index in [4.69, 9.17) is 0 Å². The highest BCUT2D eigenvalue weighted by Crippen LogP contribution is 2.43. The summed E-state index contributed by atoms with van der Waals surface area (Å²) < 4.78 is 0. The Morgan fingerprint density at radius 3 is 2.85 bits per heavy atom. The smallest absolute Gasteiger partial charge is 0.317 e. The zero-order chi connectivity index (χ0) is 19.1. The van der Waals surface area contributed by atoms with Gasteiger partial charge in [0.15, 0.2) is 6.29 Å². The van der Waals surface area contributed by atoms with Crippen molar-refractivity contribution in [3.8, 4) is 0 Å². The van der Waals surface area contributed by atoms with Crippen LogP contribution >= 0.6 is 0 Å². The molecule has 1 fully saturated rings. The number of carbonyl (C=O) groups excluding carboxylic acids is 2. The third-order valence-corrected chi connectivity index (χ3v) is 6.38. The molecule has 0 unspecified atom stereocenters. The van der Waals surface area contributed by atoms with Crippen molar-refractivity contribution in [2.75, 3.05) is 26.7 Å². The van der Waals surface area contributed by atoms with Gasteiger partial charge < -0.3 is 20.1 Å². The van der Waals surface area contributed by atoms with Gasteiger partial charge in [0.05, 0.1) is 5.69 Å². The molecule has 0 radical (unpaired) electrons. The molecule has 27 heavy (non-hydrogen) atoms. The Bertz CT molecular complexity index is 870. The number of rotatable bonds is 4. The number of hydrogen-bond acceptors (Lipinski definition) is 3. The maximum absolute atomic E-state index is 12.5. The molecule has 1 saturated heterocycles. The SMILES string of the molecule is CCN(CC)C(=O)N[C@H]1C[C@@H]2c3cccc4[nH]c(C=O)c(c34)C[C@H]2N(C)C1. The van der Waals surface area contributed by atoms with Gasteiger partial charge in [0.1, 0.15) is 0 Å². The number of amides is 2. The Morgan fingerprint density at radius 2 is 2.15 bits per heavy atom. The summed E-state index contributed by atoms with van der Waals surface area (Å²) in [6.07, 6.45) is 2.75. The van der Waals surface area contributed by atoms with E-state index in [1.807, 2.05) is 24.8 Å². The minimum absolute atomic E-state index is 0.0245. The number of hydrogen-bond donors (Lipinski definition) is 2. The van der Waals surface area contributed by atoms with E-state index in [2.05, 4.69) is 34.4 Å². The first kappa shape index (κ1) is 18.0. The number of aromatic amines is 1. The van der Waals surface area contributed by atoms with Crippen molar-refractivity contribution in [1.82, 2.24) is 20.1 Å². The van der Waals surface area contributed by atoms with E-state index in [0.717, 1.165) is 49.8 Å². The minimum Gasteiger partial charge on any atom is -0.352 e. The number of nitrogens with zero attached hydrogens (tertiary/aromatic N) is 2. The van der Waals surface area contributed by atoms with Crippen LogP contribution in [0.4, 0.5) is 4.79 Å². The maximum atomic E-state index is 12.5. The van der Waals surface area contributed by atoms with Crippen LogP contribution < -0.4 is 5.32 Å². The molecule has 6 nitrogen and oxygen atoms in total. The van der Waals surface area contributed by atoms with Crippen LogP contribution in [-0.4, -0.2) is 65.9 Å². The lowest BCUT2D eigenvalue weighted by Crippen LogP contribution is -2.56. The minimum atomic E-state index is 0.0245. The molecule has 1 aromatic heterocycles. The van der Waals surface area contributed by atoms with E-state index < -0.39 is 0 Å². The van der Waals surface area contributed by atoms with Gasteiger partial charge >= 0.3 is 6.03 Å². The fourth-order valence-corrected chi connectivity index (χ4v) is 5.04. The summed E-state index contributed by atoms with van der Waals surface area (Å²) in [5.74, 6) is 0.359. The fraction of sp³-hybridized carbons (Fsp3) is 0.524. The van der Waals surface area contributed by atoms with Crippen LogP contribution in [0.25, 0.3) is 10.9 Å². The highest BCUT2D eigenvalue weighted by atomic mass is 16.2. The van der Waals surface area contributed by atoms with Gasteiger partial charge in [-0.1, -0.05) is 12.1 Å². The number of likely N-dealkylation sites (N-methyl/N-ethyl adjacent to an activating group) is 1. The molecule has 3 atom stereocenters. The Morgan fingerprint density at radius 1 is 1.37 bits per heavy atom. The highest BCUT2D eigenvalue weighted by molar-refractivity contribution is 5.95. The highest BCUT2D eigenvalue weighted by Gasteiger charge is 2.40. The van der Waals surface area contributed by atoms with Crippen LogP contribution in [0.5, 0.6) is 0 Å². The molecule has 4 rings (SSSR count). The van der Waals surface area contributed by atoms with Crippen molar-refractivity contribution in [3.63, 3.8) is 0 Å². The number of fused-ring (bicyclic) bond motifs is 2. The van der Waals surface area contributed by atoms with Crippen molar-refractivity contribution in [2.24, 2.45) is 0 Å². The van der Waals surface area contributed by atoms with Gasteiger partial charge in [0, 0.05) is 48.5 Å². The van der Waals surface area contributed by atoms with Gasteiger partial charge in [-0.05, 0) is 50.9 Å². The lowest BCUT2D eigenvalue weighted by molar-refractivity contribution is 0.111. The van der Waals surface area contributed by atoms with E-state index in [-0.39, 0.29) is 12.1 Å². The van der Waals surface area contributed by atoms with Gasteiger partial charge in [0.25, 0.3) is 0 Å². The largest absolute Gasteiger partial charge is 0.352 e. The first-order valence-electron chi connectivity index (χ1n) is 9.91. The number of urea groups is 1. The van der Waals surface area contributed by atoms with Crippen molar-refractivity contribution in [1.29, 1.82) is 0 Å². The summed E-state index contributed by atoms with van der Waals surface area (Å²) >= 11 is 0. The van der Waals surface area contributed by atoms with Crippen molar-refractivity contribution in [2.45, 2.75) is 44.7 Å². The molecule has 0 bridgehead atoms. The van der Waals surface area contributed by atoms with Gasteiger partial charge in [-0.2, -0.15) is 0 Å². The van der Waals surface area contributed by atoms with E-state index in [0.29, 0.717) is 17.7 Å². The summed E-state index contributed by atoms with van der Waals surface area (Å²) in [5.41, 5.74) is 4.20. The number of benzene rings is 1. The van der Waals surface area contributed by atoms with Crippen molar-refractivity contribution < 1.29 is 9.59 Å². The van der Waals surface area contributed by atoms with Crippen LogP contribution in [-0.2, 0) is 6.42 Å². The second-order valence-corrected chi connectivity index (χ2v) is 7.78. The molecule has 2 amide bonds. The predicted molar refractivity (Wildman–Crippen MR) is 106 cm³/mol. The summed E-state index contributed by atoms with van der Waals surface area (Å²) in [6, 6.07) is 6.81. The summed E-state index contributed by atoms with van der Waals surface area (Å²) in [5, 5.41) is 4.45. The average Bonchev–Trinajstić information content (AvgIpc) is 3.03. The van der Waals surface area contributed by atoms with E-state index in [1.54, 1.807) is 0 Å². The number of carbonyl (C=O) groups is 2. The lowest BCUT2D eigenvalue weighted by Gasteiger charge is -2.46. The molecule has 2 aliphatic rings. The molecule has 1 aliphatic carbocycles. The Balaban J connectivity index is 1.65. The van der Waals surface area contributed by atoms with Crippen LogP contribution in [0.1, 0.15) is 47.8 Å². The topological polar surface area (TPSA) is 68.4 Å². The van der Waals surface area contributed by atoms with Crippen LogP contribution in [0.2, 0.25) is 0 Å². The number of nitrogens with one attached hydrogen (secondary N) is 2. The number of H-pyrrole nitrogens is 1. The quantitative estimate of drug-likeness (QED) is 0.816. The average molecular weight is 368 g/mol. The van der Waals surface area contributed by atoms with E-state index in [9.17, 15) is 9.59 Å². The molecule has 1 aliphatic heterocycles. The second-order valence-electron chi connectivity index (χ2n) is 7.78. The zero-order valence-electron chi connectivity index (χ0n) is 16.3. The lowest BCUT2D eigenvalue weighted by atomic mass is 9.73. The molecule has 2 N–H and O–H groups in total. The van der Waals surface area contributed by atoms with Gasteiger partial charge in [-0.3, -0.25) is 4.79 Å². The summed E-state index contributed by atoms with van der Waals surface area (Å²) in [6.45, 7) is 6.28. The summed E-state index contributed by atoms with van der Waals surface area (Å²) in [7, 11) is 2.13. The molecular weight excluding hydrogens is 340 g/mol. The second kappa shape index (κ2) is 7.00. The van der Waals surface area contributed by atoms with Crippen molar-refractivity contribution in [3.05, 3.63) is 35.0 Å². The molecule has 2 aromatic rings. The van der Waals surface area contributed by atoms with Crippen molar-refractivity contribution >= 4 is 23.2 Å². The Kier molecular flexibility index (Phi) is 4.68. The van der Waals surface area contributed by atoms with Crippen LogP contribution in [0.3, 0.4) is 0 Å². The first-order chi connectivity index (χ1) is 13.1. The van der Waals surface area contributed by atoms with E-state index >= 15 is 0 Å². The molecule has 0 saturated carbocycles. The number of piperidine rings is 1. The molecule has 1 aromatic carbocycles. The fourth-order valence-electron chi connectivity index (χ4n) is 5.04. The molecule has 0 spiro atoms. The molecular formula is C21H28N4O2. The van der Waals surface area contributed by atoms with Gasteiger partial charge in [-0.25, -0.2) is 4.79 Å². The number of aldehydes is 1. The Hall–Kier alpha value is -2.34. The Labute approximate surface area is 159 Å². The normalized spacial score (nSPS) is 24.5. The predicted octanol–water partition coefficient (Wildman–Crippen LogP) is 2.74. The zero-order valence-corrected chi connectivity index (χ0v) is 16.3. The monoisotopic (exact) mass is 368 g/mol. The third-order valence-electron chi connectivity index (χ3n) is 6.38. The molecule has 6 heteroatoms. The van der Waals surface area contributed by atoms with Gasteiger partial charge in [0.2, 0.25) is 0 Å². The molecule has 144 valence electrons. The van der Waals surface area contributed by atoms with E-state index in [1.165, 1.54) is 10.9 Å². The third kappa shape index (κ3) is 2.92. The molecule has 2 heterocycles. The summed E-state index contributed by atoms with van der Waals surface area (Å²) in [4.78, 5) is 31.5. The van der Waals surface area contributed by atoms with Gasteiger partial charge in [-0.15, -0.1) is 0 Å². The number of likely N-dealkylation sites (tertiary alicyclic amines) is 1. The maximum Gasteiger partial charge on any atom is 0.317 e.